The molecule has 0 amide bonds. The van der Waals surface area contributed by atoms with Gasteiger partial charge >= 0.3 is 0 Å². The zero-order valence-electron chi connectivity index (χ0n) is 13.2. The Labute approximate surface area is 137 Å². The number of halogens is 1. The molecule has 120 valence electrons. The first kappa shape index (κ1) is 18.4. The zero-order chi connectivity index (χ0) is 16.4. The van der Waals surface area contributed by atoms with Crippen molar-refractivity contribution in [1.82, 2.24) is 10.3 Å². The number of allylic oxidation sites excluding steroid dienone is 3. The second kappa shape index (κ2) is 10.2. The quantitative estimate of drug-likeness (QED) is 0.413. The van der Waals surface area contributed by atoms with Crippen LogP contribution in [0.4, 0.5) is 4.39 Å². The molecule has 1 aromatic rings. The molecule has 0 aliphatic heterocycles. The van der Waals surface area contributed by atoms with Crippen LogP contribution in [0.1, 0.15) is 31.2 Å². The third-order valence-corrected chi connectivity index (χ3v) is 3.23. The Bertz CT molecular complexity index is 541. The monoisotopic (exact) mass is 321 g/mol. The van der Waals surface area contributed by atoms with Crippen molar-refractivity contribution < 1.29 is 4.39 Å². The fourth-order valence-corrected chi connectivity index (χ4v) is 2.16. The van der Waals surface area contributed by atoms with E-state index in [0.29, 0.717) is 23.9 Å². The molecule has 1 N–H and O–H groups in total. The summed E-state index contributed by atoms with van der Waals surface area (Å²) in [7, 11) is 1.63. The lowest BCUT2D eigenvalue weighted by molar-refractivity contribution is 0.613. The van der Waals surface area contributed by atoms with Gasteiger partial charge in [-0.05, 0) is 30.6 Å². The van der Waals surface area contributed by atoms with Crippen molar-refractivity contribution in [3.63, 3.8) is 0 Å². The summed E-state index contributed by atoms with van der Waals surface area (Å²) < 4.78 is 13.5. The minimum Gasteiger partial charge on any atom is -0.383 e. The van der Waals surface area contributed by atoms with Crippen LogP contribution < -0.4 is 5.32 Å². The normalized spacial score (nSPS) is 12.9. The first-order chi connectivity index (χ1) is 10.5. The molecule has 0 spiro atoms. The van der Waals surface area contributed by atoms with Crippen LogP contribution in [0.15, 0.2) is 41.6 Å². The zero-order valence-corrected chi connectivity index (χ0v) is 14.1. The highest BCUT2D eigenvalue weighted by Crippen LogP contribution is 2.11. The number of pyridine rings is 1. The summed E-state index contributed by atoms with van der Waals surface area (Å²) in [4.78, 5) is 8.17. The van der Waals surface area contributed by atoms with Crippen LogP contribution in [-0.4, -0.2) is 24.0 Å². The molecule has 0 saturated carbocycles. The van der Waals surface area contributed by atoms with E-state index < -0.39 is 0 Å². The van der Waals surface area contributed by atoms with Crippen LogP contribution in [-0.2, 0) is 6.54 Å². The van der Waals surface area contributed by atoms with Gasteiger partial charge in [0.25, 0.3) is 0 Å². The third-order valence-electron chi connectivity index (χ3n) is 2.97. The predicted octanol–water partition coefficient (Wildman–Crippen LogP) is 3.78. The highest BCUT2D eigenvalue weighted by Gasteiger charge is 2.04. The van der Waals surface area contributed by atoms with Gasteiger partial charge in [0.1, 0.15) is 5.82 Å². The second-order valence-corrected chi connectivity index (χ2v) is 5.62. The van der Waals surface area contributed by atoms with Gasteiger partial charge in [-0.2, -0.15) is 12.6 Å². The first-order valence-corrected chi connectivity index (χ1v) is 7.96. The molecule has 0 radical (unpaired) electrons. The molecule has 0 aliphatic carbocycles. The Morgan fingerprint density at radius 1 is 1.55 bits per heavy atom. The van der Waals surface area contributed by atoms with Crippen molar-refractivity contribution in [2.75, 3.05) is 12.8 Å². The summed E-state index contributed by atoms with van der Waals surface area (Å²) in [5.74, 6) is 0.954. The molecule has 1 atom stereocenters. The van der Waals surface area contributed by atoms with Gasteiger partial charge in [-0.25, -0.2) is 9.37 Å². The lowest BCUT2D eigenvalue weighted by atomic mass is 10.1. The van der Waals surface area contributed by atoms with Crippen molar-refractivity contribution in [2.45, 2.75) is 26.3 Å². The molecule has 1 rings (SSSR count). The summed E-state index contributed by atoms with van der Waals surface area (Å²) in [5.41, 5.74) is 2.07. The molecular weight excluding hydrogens is 297 g/mol. The molecule has 5 heteroatoms. The molecule has 0 aromatic carbocycles. The van der Waals surface area contributed by atoms with Crippen LogP contribution in [0.3, 0.4) is 0 Å². The van der Waals surface area contributed by atoms with E-state index in [2.05, 4.69) is 53.6 Å². The highest BCUT2D eigenvalue weighted by atomic mass is 32.1. The first-order valence-electron chi connectivity index (χ1n) is 7.33. The number of aromatic nitrogens is 1. The van der Waals surface area contributed by atoms with Crippen molar-refractivity contribution >= 4 is 18.8 Å². The van der Waals surface area contributed by atoms with Crippen molar-refractivity contribution in [3.05, 3.63) is 53.8 Å². The molecule has 3 nitrogen and oxygen atoms in total. The smallest absolute Gasteiger partial charge is 0.127 e. The maximum atomic E-state index is 13.5. The van der Waals surface area contributed by atoms with Gasteiger partial charge in [0.2, 0.25) is 0 Å². The number of aliphatic imine (C=N–C) groups is 1. The summed E-state index contributed by atoms with van der Waals surface area (Å²) in [5, 5.41) is 3.20. The number of hydrogen-bond acceptors (Lipinski definition) is 4. The van der Waals surface area contributed by atoms with Crippen molar-refractivity contribution in [3.8, 4) is 0 Å². The van der Waals surface area contributed by atoms with Crippen LogP contribution in [0.25, 0.3) is 0 Å². The van der Waals surface area contributed by atoms with Crippen LogP contribution >= 0.6 is 12.6 Å². The summed E-state index contributed by atoms with van der Waals surface area (Å²) in [6, 6.07) is 2.78. The van der Waals surface area contributed by atoms with Crippen molar-refractivity contribution in [1.29, 1.82) is 0 Å². The molecular formula is C17H24FN3S. The molecule has 1 heterocycles. The number of nitrogens with one attached hydrogen (secondary N) is 1. The maximum Gasteiger partial charge on any atom is 0.127 e. The largest absolute Gasteiger partial charge is 0.383 e. The van der Waals surface area contributed by atoms with Gasteiger partial charge in [-0.3, -0.25) is 4.99 Å². The SMILES string of the molecule is C=C(CC(C)/C=C/CCS)NCc1cc(F)cc(/C=N/C)n1. The van der Waals surface area contributed by atoms with Gasteiger partial charge in [-0.1, -0.05) is 25.7 Å². The lowest BCUT2D eigenvalue weighted by Crippen LogP contribution is -2.15. The minimum atomic E-state index is -0.310. The number of rotatable bonds is 9. The van der Waals surface area contributed by atoms with E-state index in [9.17, 15) is 4.39 Å². The van der Waals surface area contributed by atoms with E-state index in [1.54, 1.807) is 7.05 Å². The fourth-order valence-electron chi connectivity index (χ4n) is 2.01. The molecule has 22 heavy (non-hydrogen) atoms. The van der Waals surface area contributed by atoms with Gasteiger partial charge in [0.15, 0.2) is 0 Å². The van der Waals surface area contributed by atoms with Gasteiger partial charge in [-0.15, -0.1) is 0 Å². The number of nitrogens with zero attached hydrogens (tertiary/aromatic N) is 2. The van der Waals surface area contributed by atoms with E-state index in [0.717, 1.165) is 24.3 Å². The molecule has 0 aliphatic rings. The number of hydrogen-bond donors (Lipinski definition) is 2. The molecule has 1 unspecified atom stereocenters. The van der Waals surface area contributed by atoms with E-state index in [1.165, 1.54) is 18.3 Å². The Balaban J connectivity index is 2.50. The standard InChI is InChI=1S/C17H24FN3S/c1-13(6-4-5-7-22)8-14(2)20-12-17-10-15(18)9-16(21-17)11-19-3/h4,6,9-11,13,20,22H,2,5,7-8,12H2,1,3H3/b6-4+,19-11+. The van der Waals surface area contributed by atoms with Gasteiger partial charge in [0, 0.05) is 25.0 Å². The average Bonchev–Trinajstić information content (AvgIpc) is 2.45. The van der Waals surface area contributed by atoms with Crippen LogP contribution in [0.5, 0.6) is 0 Å². The second-order valence-electron chi connectivity index (χ2n) is 5.17. The highest BCUT2D eigenvalue weighted by molar-refractivity contribution is 7.80. The molecule has 1 aromatic heterocycles. The lowest BCUT2D eigenvalue weighted by Gasteiger charge is -2.12. The average molecular weight is 321 g/mol. The van der Waals surface area contributed by atoms with E-state index in [4.69, 9.17) is 0 Å². The third kappa shape index (κ3) is 7.41. The Morgan fingerprint density at radius 2 is 2.32 bits per heavy atom. The van der Waals surface area contributed by atoms with Crippen LogP contribution in [0.2, 0.25) is 0 Å². The molecule has 0 bridgehead atoms. The molecule has 0 fully saturated rings. The summed E-state index contributed by atoms with van der Waals surface area (Å²) in [6.07, 6.45) is 7.65. The van der Waals surface area contributed by atoms with E-state index in [-0.39, 0.29) is 5.82 Å². The van der Waals surface area contributed by atoms with Gasteiger partial charge < -0.3 is 5.32 Å². The Morgan fingerprint density at radius 3 is 3.00 bits per heavy atom. The Hall–Kier alpha value is -1.62. The van der Waals surface area contributed by atoms with Crippen molar-refractivity contribution in [2.24, 2.45) is 10.9 Å². The van der Waals surface area contributed by atoms with Crippen LogP contribution in [0, 0.1) is 11.7 Å². The summed E-state index contributed by atoms with van der Waals surface area (Å²) >= 11 is 4.17. The predicted molar refractivity (Wildman–Crippen MR) is 95.1 cm³/mol. The topological polar surface area (TPSA) is 37.3 Å². The maximum absolute atomic E-state index is 13.5. The van der Waals surface area contributed by atoms with Gasteiger partial charge in [0.05, 0.1) is 17.9 Å². The van der Waals surface area contributed by atoms with E-state index in [1.807, 2.05) is 0 Å². The number of thiol groups is 1. The van der Waals surface area contributed by atoms with E-state index >= 15 is 0 Å². The summed E-state index contributed by atoms with van der Waals surface area (Å²) in [6.45, 7) is 6.60. The molecule has 0 saturated heterocycles. The minimum absolute atomic E-state index is 0.310. The fraction of sp³-hybridized carbons (Fsp3) is 0.412. The Kier molecular flexibility index (Phi) is 8.51.